The third kappa shape index (κ3) is 7.98. The number of thioether (sulfide) groups is 1. The van der Waals surface area contributed by atoms with E-state index < -0.39 is 11.9 Å². The molecular formula is C9H14N2O4S. The van der Waals surface area contributed by atoms with Crippen molar-refractivity contribution in [1.82, 2.24) is 0 Å². The number of carbonyl (C=O) groups is 3. The van der Waals surface area contributed by atoms with Gasteiger partial charge in [-0.15, -0.1) is 0 Å². The molecule has 0 fully saturated rings. The minimum absolute atomic E-state index is 0.0546. The SMILES string of the molecule is COC(=O)CCC(=O)CSC(N)=NC(C)=O. The van der Waals surface area contributed by atoms with Crippen molar-refractivity contribution < 1.29 is 19.1 Å². The molecule has 0 spiro atoms. The van der Waals surface area contributed by atoms with Gasteiger partial charge in [0.15, 0.2) is 5.17 Å². The smallest absolute Gasteiger partial charge is 0.305 e. The van der Waals surface area contributed by atoms with E-state index in [0.717, 1.165) is 11.8 Å². The zero-order valence-corrected chi connectivity index (χ0v) is 10.0. The Balaban J connectivity index is 3.82. The highest BCUT2D eigenvalue weighted by molar-refractivity contribution is 8.14. The molecule has 0 bridgehead atoms. The lowest BCUT2D eigenvalue weighted by atomic mass is 10.2. The third-order valence-electron chi connectivity index (χ3n) is 1.48. The number of nitrogens with two attached hydrogens (primary N) is 1. The molecule has 0 saturated carbocycles. The summed E-state index contributed by atoms with van der Waals surface area (Å²) < 4.78 is 4.39. The van der Waals surface area contributed by atoms with E-state index in [9.17, 15) is 14.4 Å². The van der Waals surface area contributed by atoms with Crippen molar-refractivity contribution in [3.8, 4) is 0 Å². The first-order chi connectivity index (χ1) is 7.45. The number of methoxy groups -OCH3 is 1. The number of esters is 1. The average Bonchev–Trinajstić information content (AvgIpc) is 2.22. The molecule has 0 aliphatic heterocycles. The molecule has 0 aromatic carbocycles. The maximum absolute atomic E-state index is 11.2. The number of hydrogen-bond acceptors (Lipinski definition) is 5. The molecule has 0 atom stereocenters. The summed E-state index contributed by atoms with van der Waals surface area (Å²) in [5.41, 5.74) is 5.35. The van der Waals surface area contributed by atoms with Crippen LogP contribution in [-0.2, 0) is 19.1 Å². The Morgan fingerprint density at radius 2 is 1.94 bits per heavy atom. The Hall–Kier alpha value is -1.37. The van der Waals surface area contributed by atoms with E-state index in [1.54, 1.807) is 0 Å². The van der Waals surface area contributed by atoms with Gasteiger partial charge < -0.3 is 10.5 Å². The first-order valence-electron chi connectivity index (χ1n) is 4.51. The minimum Gasteiger partial charge on any atom is -0.469 e. The number of ketones is 1. The van der Waals surface area contributed by atoms with Crippen LogP contribution in [0, 0.1) is 0 Å². The summed E-state index contributed by atoms with van der Waals surface area (Å²) in [7, 11) is 1.26. The molecule has 0 heterocycles. The van der Waals surface area contributed by atoms with E-state index >= 15 is 0 Å². The molecule has 0 aliphatic rings. The molecule has 0 aromatic heterocycles. The highest BCUT2D eigenvalue weighted by Crippen LogP contribution is 2.04. The molecule has 0 aliphatic carbocycles. The van der Waals surface area contributed by atoms with Crippen LogP contribution in [0.2, 0.25) is 0 Å². The number of nitrogens with zero attached hydrogens (tertiary/aromatic N) is 1. The Labute approximate surface area is 97.6 Å². The van der Waals surface area contributed by atoms with Gasteiger partial charge in [-0.1, -0.05) is 11.8 Å². The normalized spacial score (nSPS) is 11.0. The second kappa shape index (κ2) is 7.86. The summed E-state index contributed by atoms with van der Waals surface area (Å²) >= 11 is 0.977. The predicted molar refractivity (Wildman–Crippen MR) is 61.0 cm³/mol. The lowest BCUT2D eigenvalue weighted by Gasteiger charge is -2.00. The van der Waals surface area contributed by atoms with Gasteiger partial charge in [-0.05, 0) is 0 Å². The van der Waals surface area contributed by atoms with Gasteiger partial charge in [0.05, 0.1) is 19.3 Å². The molecule has 0 unspecified atom stereocenters. The summed E-state index contributed by atoms with van der Waals surface area (Å²) in [5.74, 6) is -0.882. The first-order valence-corrected chi connectivity index (χ1v) is 5.50. The van der Waals surface area contributed by atoms with Crippen LogP contribution in [0.3, 0.4) is 0 Å². The molecule has 1 amide bonds. The molecule has 7 heteroatoms. The van der Waals surface area contributed by atoms with Gasteiger partial charge in [0, 0.05) is 13.3 Å². The summed E-state index contributed by atoms with van der Waals surface area (Å²) in [6, 6.07) is 0. The van der Waals surface area contributed by atoms with Crippen molar-refractivity contribution in [3.05, 3.63) is 0 Å². The summed E-state index contributed by atoms with van der Waals surface area (Å²) in [6.07, 6.45) is 0.159. The first kappa shape index (κ1) is 14.6. The third-order valence-corrected chi connectivity index (χ3v) is 2.34. The largest absolute Gasteiger partial charge is 0.469 e. The molecule has 90 valence electrons. The molecule has 0 saturated heterocycles. The fourth-order valence-corrected chi connectivity index (χ4v) is 1.40. The zero-order valence-electron chi connectivity index (χ0n) is 9.19. The van der Waals surface area contributed by atoms with Crippen molar-refractivity contribution >= 4 is 34.6 Å². The predicted octanol–water partition coefficient (Wildman–Crippen LogP) is 0.103. The maximum Gasteiger partial charge on any atom is 0.305 e. The number of amides is 1. The van der Waals surface area contributed by atoms with E-state index in [1.807, 2.05) is 0 Å². The standard InChI is InChI=1S/C9H14N2O4S/c1-6(12)11-9(10)16-5-7(13)3-4-8(14)15-2/h3-5H2,1-2H3,(H2,10,11,12). The molecule has 16 heavy (non-hydrogen) atoms. The van der Waals surface area contributed by atoms with Gasteiger partial charge in [0.2, 0.25) is 5.91 Å². The second-order valence-electron chi connectivity index (χ2n) is 2.87. The van der Waals surface area contributed by atoms with Crippen LogP contribution in [0.1, 0.15) is 19.8 Å². The Morgan fingerprint density at radius 1 is 1.31 bits per heavy atom. The van der Waals surface area contributed by atoms with Gasteiger partial charge in [-0.3, -0.25) is 14.4 Å². The van der Waals surface area contributed by atoms with E-state index in [-0.39, 0.29) is 29.5 Å². The van der Waals surface area contributed by atoms with Crippen LogP contribution in [0.15, 0.2) is 4.99 Å². The van der Waals surface area contributed by atoms with Crippen molar-refractivity contribution in [2.75, 3.05) is 12.9 Å². The van der Waals surface area contributed by atoms with Gasteiger partial charge in [-0.2, -0.15) is 4.99 Å². The van der Waals surface area contributed by atoms with Crippen LogP contribution in [-0.4, -0.2) is 35.7 Å². The van der Waals surface area contributed by atoms with E-state index in [2.05, 4.69) is 9.73 Å². The summed E-state index contributed by atoms with van der Waals surface area (Å²) in [5, 5.41) is 0.0546. The topological polar surface area (TPSA) is 98.8 Å². The van der Waals surface area contributed by atoms with Crippen molar-refractivity contribution in [2.24, 2.45) is 10.7 Å². The Morgan fingerprint density at radius 3 is 2.44 bits per heavy atom. The molecule has 2 N–H and O–H groups in total. The van der Waals surface area contributed by atoms with Crippen molar-refractivity contribution in [1.29, 1.82) is 0 Å². The van der Waals surface area contributed by atoms with Gasteiger partial charge in [0.25, 0.3) is 0 Å². The highest BCUT2D eigenvalue weighted by atomic mass is 32.2. The van der Waals surface area contributed by atoms with E-state index in [1.165, 1.54) is 14.0 Å². The molecule has 0 rings (SSSR count). The Kier molecular flexibility index (Phi) is 7.19. The number of aliphatic imine (C=N–C) groups is 1. The van der Waals surface area contributed by atoms with Gasteiger partial charge in [0.1, 0.15) is 5.78 Å². The fourth-order valence-electron chi connectivity index (χ4n) is 0.758. The second-order valence-corrected chi connectivity index (χ2v) is 3.87. The Bertz CT molecular complexity index is 315. The van der Waals surface area contributed by atoms with Crippen molar-refractivity contribution in [3.63, 3.8) is 0 Å². The molecule has 0 aromatic rings. The zero-order chi connectivity index (χ0) is 12.6. The molecule has 0 radical (unpaired) electrons. The van der Waals surface area contributed by atoms with E-state index in [4.69, 9.17) is 5.73 Å². The minimum atomic E-state index is -0.427. The summed E-state index contributed by atoms with van der Waals surface area (Å²) in [6.45, 7) is 1.27. The monoisotopic (exact) mass is 246 g/mol. The van der Waals surface area contributed by atoms with Crippen LogP contribution in [0.25, 0.3) is 0 Å². The fraction of sp³-hybridized carbons (Fsp3) is 0.556. The van der Waals surface area contributed by atoms with Crippen LogP contribution < -0.4 is 5.73 Å². The van der Waals surface area contributed by atoms with E-state index in [0.29, 0.717) is 0 Å². The molecular weight excluding hydrogens is 232 g/mol. The number of rotatable bonds is 5. The van der Waals surface area contributed by atoms with Crippen LogP contribution in [0.5, 0.6) is 0 Å². The number of Topliss-reactive ketones (excluding diaryl/α,β-unsaturated/α-hetero) is 1. The maximum atomic E-state index is 11.2. The lowest BCUT2D eigenvalue weighted by Crippen LogP contribution is -2.13. The number of hydrogen-bond donors (Lipinski definition) is 1. The number of carbonyl (C=O) groups excluding carboxylic acids is 3. The summed E-state index contributed by atoms with van der Waals surface area (Å²) in [4.78, 5) is 35.9. The number of ether oxygens (including phenoxy) is 1. The van der Waals surface area contributed by atoms with Crippen molar-refractivity contribution in [2.45, 2.75) is 19.8 Å². The average molecular weight is 246 g/mol. The highest BCUT2D eigenvalue weighted by Gasteiger charge is 2.08. The van der Waals surface area contributed by atoms with Gasteiger partial charge in [-0.25, -0.2) is 0 Å². The van der Waals surface area contributed by atoms with Gasteiger partial charge >= 0.3 is 5.97 Å². The quantitative estimate of drug-likeness (QED) is 0.419. The van der Waals surface area contributed by atoms with Crippen LogP contribution in [0.4, 0.5) is 0 Å². The van der Waals surface area contributed by atoms with Crippen LogP contribution >= 0.6 is 11.8 Å². The molecule has 6 nitrogen and oxygen atoms in total. The lowest BCUT2D eigenvalue weighted by molar-refractivity contribution is -0.141. The number of amidine groups is 1.